The van der Waals surface area contributed by atoms with Crippen molar-refractivity contribution in [3.05, 3.63) is 34.1 Å². The lowest BCUT2D eigenvalue weighted by molar-refractivity contribution is 0.178. The maximum absolute atomic E-state index is 13.3. The highest BCUT2D eigenvalue weighted by Gasteiger charge is 2.20. The average molecular weight is 300 g/mol. The fourth-order valence-corrected chi connectivity index (χ4v) is 2.82. The molecule has 17 heavy (non-hydrogen) atoms. The molecule has 1 aliphatic carbocycles. The Morgan fingerprint density at radius 2 is 2.12 bits per heavy atom. The molecule has 1 aliphatic rings. The van der Waals surface area contributed by atoms with Crippen LogP contribution < -0.4 is 0 Å². The first-order chi connectivity index (χ1) is 8.17. The van der Waals surface area contributed by atoms with E-state index in [1.165, 1.54) is 25.3 Å². The Balaban J connectivity index is 1.96. The van der Waals surface area contributed by atoms with E-state index in [2.05, 4.69) is 27.8 Å². The summed E-state index contributed by atoms with van der Waals surface area (Å²) in [6.45, 7) is 5.21. The Hall–Kier alpha value is -0.410. The van der Waals surface area contributed by atoms with Crippen LogP contribution in [-0.4, -0.2) is 18.0 Å². The van der Waals surface area contributed by atoms with Crippen LogP contribution in [0.2, 0.25) is 0 Å². The maximum atomic E-state index is 13.3. The molecule has 1 aromatic carbocycles. The normalized spacial score (nSPS) is 16.2. The van der Waals surface area contributed by atoms with Crippen LogP contribution in [0.25, 0.3) is 0 Å². The van der Waals surface area contributed by atoms with Crippen molar-refractivity contribution in [2.24, 2.45) is 5.92 Å². The van der Waals surface area contributed by atoms with Crippen molar-refractivity contribution in [1.82, 2.24) is 4.90 Å². The average Bonchev–Trinajstić information content (AvgIpc) is 2.20. The monoisotopic (exact) mass is 299 g/mol. The summed E-state index contributed by atoms with van der Waals surface area (Å²) >= 11 is 3.34. The fourth-order valence-electron chi connectivity index (χ4n) is 2.31. The predicted octanol–water partition coefficient (Wildman–Crippen LogP) is 4.21. The number of benzene rings is 1. The fraction of sp³-hybridized carbons (Fsp3) is 0.571. The van der Waals surface area contributed by atoms with Crippen LogP contribution in [-0.2, 0) is 6.54 Å². The summed E-state index contributed by atoms with van der Waals surface area (Å²) in [5.74, 6) is 0.709. The van der Waals surface area contributed by atoms with Gasteiger partial charge in [0.25, 0.3) is 0 Å². The minimum atomic E-state index is -0.158. The molecule has 0 amide bonds. The van der Waals surface area contributed by atoms with Gasteiger partial charge in [0.1, 0.15) is 5.82 Å². The van der Waals surface area contributed by atoms with Crippen LogP contribution in [0.1, 0.15) is 31.7 Å². The van der Waals surface area contributed by atoms with Gasteiger partial charge in [-0.05, 0) is 49.1 Å². The van der Waals surface area contributed by atoms with Crippen LogP contribution in [0.5, 0.6) is 0 Å². The third-order valence-electron chi connectivity index (χ3n) is 3.52. The minimum Gasteiger partial charge on any atom is -0.299 e. The molecule has 1 nitrogen and oxygen atoms in total. The predicted molar refractivity (Wildman–Crippen MR) is 72.4 cm³/mol. The third kappa shape index (κ3) is 3.78. The Morgan fingerprint density at radius 1 is 1.35 bits per heavy atom. The van der Waals surface area contributed by atoms with Gasteiger partial charge in [-0.1, -0.05) is 29.3 Å². The van der Waals surface area contributed by atoms with Gasteiger partial charge >= 0.3 is 0 Å². The van der Waals surface area contributed by atoms with Crippen molar-refractivity contribution < 1.29 is 4.39 Å². The van der Waals surface area contributed by atoms with Gasteiger partial charge in [-0.2, -0.15) is 0 Å². The molecule has 1 aromatic rings. The summed E-state index contributed by atoms with van der Waals surface area (Å²) < 4.78 is 14.1. The van der Waals surface area contributed by atoms with Crippen LogP contribution >= 0.6 is 15.9 Å². The van der Waals surface area contributed by atoms with Crippen molar-refractivity contribution in [2.75, 3.05) is 13.1 Å². The van der Waals surface area contributed by atoms with E-state index in [9.17, 15) is 4.39 Å². The van der Waals surface area contributed by atoms with E-state index >= 15 is 0 Å². The molecule has 0 aromatic heterocycles. The highest BCUT2D eigenvalue weighted by Crippen LogP contribution is 2.27. The van der Waals surface area contributed by atoms with E-state index in [-0.39, 0.29) is 5.82 Å². The van der Waals surface area contributed by atoms with Crippen molar-refractivity contribution in [3.8, 4) is 0 Å². The lowest BCUT2D eigenvalue weighted by atomic mass is 9.85. The first-order valence-corrected chi connectivity index (χ1v) is 7.14. The van der Waals surface area contributed by atoms with E-state index in [4.69, 9.17) is 0 Å². The summed E-state index contributed by atoms with van der Waals surface area (Å²) in [7, 11) is 0. The first-order valence-electron chi connectivity index (χ1n) is 6.34. The summed E-state index contributed by atoms with van der Waals surface area (Å²) in [5.41, 5.74) is 1.05. The molecule has 0 heterocycles. The van der Waals surface area contributed by atoms with Gasteiger partial charge in [0.05, 0.1) is 0 Å². The summed E-state index contributed by atoms with van der Waals surface area (Å²) in [5, 5.41) is 0. The van der Waals surface area contributed by atoms with Gasteiger partial charge in [-0.25, -0.2) is 4.39 Å². The van der Waals surface area contributed by atoms with Gasteiger partial charge in [0.15, 0.2) is 0 Å². The van der Waals surface area contributed by atoms with E-state index in [1.807, 2.05) is 6.07 Å². The van der Waals surface area contributed by atoms with Gasteiger partial charge < -0.3 is 0 Å². The van der Waals surface area contributed by atoms with Crippen LogP contribution in [0.3, 0.4) is 0 Å². The Kier molecular flexibility index (Phi) is 4.57. The quantitative estimate of drug-likeness (QED) is 0.787. The molecule has 0 bridgehead atoms. The second-order valence-corrected chi connectivity index (χ2v) is 5.82. The summed E-state index contributed by atoms with van der Waals surface area (Å²) in [6, 6.07) is 5.15. The molecule has 0 N–H and O–H groups in total. The molecule has 2 rings (SSSR count). The van der Waals surface area contributed by atoms with Crippen molar-refractivity contribution in [1.29, 1.82) is 0 Å². The van der Waals surface area contributed by atoms with E-state index in [1.54, 1.807) is 6.07 Å². The van der Waals surface area contributed by atoms with E-state index in [0.29, 0.717) is 0 Å². The molecule has 0 radical (unpaired) electrons. The van der Waals surface area contributed by atoms with Crippen LogP contribution in [0.15, 0.2) is 22.7 Å². The molecule has 0 aliphatic heterocycles. The molecule has 1 fully saturated rings. The molecule has 0 spiro atoms. The number of hydrogen-bond acceptors (Lipinski definition) is 1. The summed E-state index contributed by atoms with van der Waals surface area (Å²) in [6.07, 6.45) is 4.11. The first kappa shape index (κ1) is 13.0. The molecule has 0 saturated heterocycles. The zero-order valence-corrected chi connectivity index (χ0v) is 11.8. The molecule has 0 atom stereocenters. The lowest BCUT2D eigenvalue weighted by Crippen LogP contribution is -2.32. The Morgan fingerprint density at radius 3 is 2.65 bits per heavy atom. The molecule has 94 valence electrons. The van der Waals surface area contributed by atoms with Crippen molar-refractivity contribution in [3.63, 3.8) is 0 Å². The summed E-state index contributed by atoms with van der Waals surface area (Å²) in [4.78, 5) is 2.41. The van der Waals surface area contributed by atoms with Crippen molar-refractivity contribution >= 4 is 15.9 Å². The van der Waals surface area contributed by atoms with Gasteiger partial charge in [-0.15, -0.1) is 0 Å². The third-order valence-corrected chi connectivity index (χ3v) is 3.97. The minimum absolute atomic E-state index is 0.158. The molecular weight excluding hydrogens is 281 g/mol. The Bertz CT molecular complexity index is 356. The molecule has 0 unspecified atom stereocenters. The largest absolute Gasteiger partial charge is 0.299 e. The van der Waals surface area contributed by atoms with E-state index < -0.39 is 0 Å². The number of halogens is 2. The molecule has 1 saturated carbocycles. The highest BCUT2D eigenvalue weighted by molar-refractivity contribution is 9.10. The van der Waals surface area contributed by atoms with Crippen molar-refractivity contribution in [2.45, 2.75) is 32.7 Å². The number of rotatable bonds is 5. The molecule has 3 heteroatoms. The van der Waals surface area contributed by atoms with Crippen LogP contribution in [0, 0.1) is 11.7 Å². The van der Waals surface area contributed by atoms with E-state index in [0.717, 1.165) is 35.6 Å². The Labute approximate surface area is 111 Å². The number of nitrogens with zero attached hydrogens (tertiary/aromatic N) is 1. The standard InChI is InChI=1S/C14H19BrFN/c1-2-17(9-11-4-3-5-11)10-12-6-13(15)8-14(16)7-12/h6-8,11H,2-5,9-10H2,1H3. The van der Waals surface area contributed by atoms with Gasteiger partial charge in [0.2, 0.25) is 0 Å². The second kappa shape index (κ2) is 5.96. The highest BCUT2D eigenvalue weighted by atomic mass is 79.9. The van der Waals surface area contributed by atoms with Crippen LogP contribution in [0.4, 0.5) is 4.39 Å². The zero-order chi connectivity index (χ0) is 12.3. The maximum Gasteiger partial charge on any atom is 0.124 e. The smallest absolute Gasteiger partial charge is 0.124 e. The molecular formula is C14H19BrFN. The zero-order valence-electron chi connectivity index (χ0n) is 10.3. The SMILES string of the molecule is CCN(Cc1cc(F)cc(Br)c1)CC1CCC1. The second-order valence-electron chi connectivity index (χ2n) is 4.90. The van der Waals surface area contributed by atoms with Gasteiger partial charge in [-0.3, -0.25) is 4.90 Å². The van der Waals surface area contributed by atoms with Gasteiger partial charge in [0, 0.05) is 17.6 Å². The number of hydrogen-bond donors (Lipinski definition) is 0. The lowest BCUT2D eigenvalue weighted by Gasteiger charge is -2.31. The topological polar surface area (TPSA) is 3.24 Å².